The van der Waals surface area contributed by atoms with Crippen LogP contribution in [-0.4, -0.2) is 19.6 Å². The van der Waals surface area contributed by atoms with Gasteiger partial charge in [-0.15, -0.1) is 0 Å². The Hall–Kier alpha value is -2.01. The van der Waals surface area contributed by atoms with E-state index in [-0.39, 0.29) is 5.91 Å². The molecule has 0 bridgehead atoms. The molecule has 0 radical (unpaired) electrons. The number of benzene rings is 2. The molecular formula is C18H21BrN2O2. The van der Waals surface area contributed by atoms with Gasteiger partial charge in [-0.1, -0.05) is 24.3 Å². The summed E-state index contributed by atoms with van der Waals surface area (Å²) < 4.78 is 6.28. The highest BCUT2D eigenvalue weighted by Crippen LogP contribution is 2.23. The molecule has 2 N–H and O–H groups in total. The van der Waals surface area contributed by atoms with Gasteiger partial charge in [0.15, 0.2) is 0 Å². The van der Waals surface area contributed by atoms with Crippen LogP contribution >= 0.6 is 15.9 Å². The molecule has 0 spiro atoms. The number of carbonyl (C=O) groups is 1. The fourth-order valence-corrected chi connectivity index (χ4v) is 2.84. The molecule has 0 heterocycles. The van der Waals surface area contributed by atoms with Gasteiger partial charge < -0.3 is 15.4 Å². The van der Waals surface area contributed by atoms with Gasteiger partial charge in [0, 0.05) is 35.2 Å². The normalized spacial score (nSPS) is 10.2. The molecule has 0 atom stereocenters. The number of aryl methyl sites for hydroxylation is 1. The molecule has 122 valence electrons. The van der Waals surface area contributed by atoms with Crippen molar-refractivity contribution in [1.29, 1.82) is 0 Å². The zero-order valence-electron chi connectivity index (χ0n) is 13.4. The van der Waals surface area contributed by atoms with Crippen LogP contribution in [0.5, 0.6) is 5.75 Å². The summed E-state index contributed by atoms with van der Waals surface area (Å²) in [4.78, 5) is 11.9. The average Bonchev–Trinajstić information content (AvgIpc) is 2.55. The van der Waals surface area contributed by atoms with Gasteiger partial charge in [0.05, 0.1) is 7.11 Å². The van der Waals surface area contributed by atoms with Crippen molar-refractivity contribution in [3.63, 3.8) is 0 Å². The monoisotopic (exact) mass is 376 g/mol. The van der Waals surface area contributed by atoms with E-state index in [9.17, 15) is 4.79 Å². The predicted molar refractivity (Wildman–Crippen MR) is 96.8 cm³/mol. The number of methoxy groups -OCH3 is 1. The second-order valence-electron chi connectivity index (χ2n) is 5.25. The first kappa shape index (κ1) is 17.3. The van der Waals surface area contributed by atoms with Crippen LogP contribution < -0.4 is 15.4 Å². The van der Waals surface area contributed by atoms with E-state index in [1.807, 2.05) is 49.4 Å². The van der Waals surface area contributed by atoms with Crippen LogP contribution in [0.1, 0.15) is 17.5 Å². The highest BCUT2D eigenvalue weighted by Gasteiger charge is 2.05. The quantitative estimate of drug-likeness (QED) is 0.770. The topological polar surface area (TPSA) is 50.4 Å². The lowest BCUT2D eigenvalue weighted by atomic mass is 10.2. The molecule has 4 nitrogen and oxygen atoms in total. The third-order valence-corrected chi connectivity index (χ3v) is 4.12. The predicted octanol–water partition coefficient (Wildman–Crippen LogP) is 3.88. The Bertz CT molecular complexity index is 674. The van der Waals surface area contributed by atoms with Gasteiger partial charge in [0.1, 0.15) is 5.75 Å². The Labute approximate surface area is 145 Å². The zero-order valence-corrected chi connectivity index (χ0v) is 14.9. The second-order valence-corrected chi connectivity index (χ2v) is 6.10. The Morgan fingerprint density at radius 3 is 2.74 bits per heavy atom. The summed E-state index contributed by atoms with van der Waals surface area (Å²) in [6.07, 6.45) is 0.412. The van der Waals surface area contributed by atoms with Crippen LogP contribution in [0.4, 0.5) is 5.69 Å². The van der Waals surface area contributed by atoms with Gasteiger partial charge in [-0.25, -0.2) is 0 Å². The van der Waals surface area contributed by atoms with E-state index in [0.717, 1.165) is 21.5 Å². The molecule has 0 fully saturated rings. The number of amides is 1. The summed E-state index contributed by atoms with van der Waals surface area (Å²) >= 11 is 3.51. The highest BCUT2D eigenvalue weighted by molar-refractivity contribution is 9.10. The summed E-state index contributed by atoms with van der Waals surface area (Å²) in [5, 5.41) is 6.17. The number of rotatable bonds is 7. The minimum atomic E-state index is 0.00615. The molecule has 2 rings (SSSR count). The molecule has 5 heteroatoms. The number of carbonyl (C=O) groups excluding carboxylic acids is 1. The van der Waals surface area contributed by atoms with Crippen molar-refractivity contribution >= 4 is 27.5 Å². The van der Waals surface area contributed by atoms with E-state index in [4.69, 9.17) is 4.74 Å². The molecule has 0 aliphatic rings. The van der Waals surface area contributed by atoms with Crippen LogP contribution in [0.3, 0.4) is 0 Å². The van der Waals surface area contributed by atoms with Crippen LogP contribution in [0, 0.1) is 6.92 Å². The number of para-hydroxylation sites is 1. The first-order chi connectivity index (χ1) is 11.1. The van der Waals surface area contributed by atoms with E-state index in [1.165, 1.54) is 5.56 Å². The molecule has 23 heavy (non-hydrogen) atoms. The second kappa shape index (κ2) is 8.58. The van der Waals surface area contributed by atoms with Crippen LogP contribution in [-0.2, 0) is 11.3 Å². The number of hydrogen-bond acceptors (Lipinski definition) is 3. The first-order valence-electron chi connectivity index (χ1n) is 7.49. The molecule has 2 aromatic rings. The van der Waals surface area contributed by atoms with E-state index in [0.29, 0.717) is 19.5 Å². The number of hydrogen-bond donors (Lipinski definition) is 2. The van der Waals surface area contributed by atoms with Crippen molar-refractivity contribution in [3.05, 3.63) is 58.1 Å². The van der Waals surface area contributed by atoms with Crippen molar-refractivity contribution in [2.24, 2.45) is 0 Å². The van der Waals surface area contributed by atoms with E-state index >= 15 is 0 Å². The third kappa shape index (κ3) is 5.28. The minimum absolute atomic E-state index is 0.00615. The van der Waals surface area contributed by atoms with Gasteiger partial charge in [0.2, 0.25) is 5.91 Å². The summed E-state index contributed by atoms with van der Waals surface area (Å²) in [5.41, 5.74) is 3.16. The van der Waals surface area contributed by atoms with Gasteiger partial charge in [-0.05, 0) is 46.6 Å². The average molecular weight is 377 g/mol. The van der Waals surface area contributed by atoms with Crippen molar-refractivity contribution in [2.75, 3.05) is 19.0 Å². The van der Waals surface area contributed by atoms with Crippen LogP contribution in [0.15, 0.2) is 46.9 Å². The van der Waals surface area contributed by atoms with Crippen molar-refractivity contribution in [2.45, 2.75) is 19.9 Å². The lowest BCUT2D eigenvalue weighted by Crippen LogP contribution is -2.25. The number of nitrogens with one attached hydrogen (secondary N) is 2. The van der Waals surface area contributed by atoms with Gasteiger partial charge >= 0.3 is 0 Å². The summed E-state index contributed by atoms with van der Waals surface area (Å²) in [6, 6.07) is 13.8. The van der Waals surface area contributed by atoms with Crippen LogP contribution in [0.2, 0.25) is 0 Å². The fourth-order valence-electron chi connectivity index (χ4n) is 2.21. The summed E-state index contributed by atoms with van der Waals surface area (Å²) in [6.45, 7) is 3.09. The summed E-state index contributed by atoms with van der Waals surface area (Å²) in [5.74, 6) is 0.793. The SMILES string of the molecule is COc1ccccc1CNC(=O)CCNc1ccc(C)cc1Br. The fraction of sp³-hybridized carbons (Fsp3) is 0.278. The van der Waals surface area contributed by atoms with Crippen molar-refractivity contribution in [1.82, 2.24) is 5.32 Å². The summed E-state index contributed by atoms with van der Waals surface area (Å²) in [7, 11) is 1.63. The standard InChI is InChI=1S/C18H21BrN2O2/c1-13-7-8-16(15(19)11-13)20-10-9-18(22)21-12-14-5-3-4-6-17(14)23-2/h3-8,11,20H,9-10,12H2,1-2H3,(H,21,22). The van der Waals surface area contributed by atoms with E-state index < -0.39 is 0 Å². The van der Waals surface area contributed by atoms with Crippen molar-refractivity contribution < 1.29 is 9.53 Å². The maximum atomic E-state index is 11.9. The lowest BCUT2D eigenvalue weighted by Gasteiger charge is -2.11. The largest absolute Gasteiger partial charge is 0.496 e. The highest BCUT2D eigenvalue weighted by atomic mass is 79.9. The molecule has 0 saturated heterocycles. The van der Waals surface area contributed by atoms with E-state index in [1.54, 1.807) is 7.11 Å². The maximum absolute atomic E-state index is 11.9. The Morgan fingerprint density at radius 2 is 2.00 bits per heavy atom. The first-order valence-corrected chi connectivity index (χ1v) is 8.28. The molecule has 2 aromatic carbocycles. The smallest absolute Gasteiger partial charge is 0.222 e. The Morgan fingerprint density at radius 1 is 1.22 bits per heavy atom. The molecule has 0 aliphatic carbocycles. The van der Waals surface area contributed by atoms with Crippen molar-refractivity contribution in [3.8, 4) is 5.75 Å². The molecule has 0 unspecified atom stereocenters. The number of ether oxygens (including phenoxy) is 1. The molecule has 0 aliphatic heterocycles. The Kier molecular flexibility index (Phi) is 6.47. The lowest BCUT2D eigenvalue weighted by molar-refractivity contribution is -0.121. The maximum Gasteiger partial charge on any atom is 0.222 e. The Balaban J connectivity index is 1.77. The molecule has 0 aromatic heterocycles. The third-order valence-electron chi connectivity index (χ3n) is 3.46. The van der Waals surface area contributed by atoms with Gasteiger partial charge in [-0.2, -0.15) is 0 Å². The van der Waals surface area contributed by atoms with E-state index in [2.05, 4.69) is 26.6 Å². The number of halogens is 1. The van der Waals surface area contributed by atoms with Gasteiger partial charge in [-0.3, -0.25) is 4.79 Å². The van der Waals surface area contributed by atoms with Crippen LogP contribution in [0.25, 0.3) is 0 Å². The molecular weight excluding hydrogens is 356 g/mol. The minimum Gasteiger partial charge on any atom is -0.496 e. The zero-order chi connectivity index (χ0) is 16.7. The molecule has 0 saturated carbocycles. The molecule has 1 amide bonds. The van der Waals surface area contributed by atoms with Gasteiger partial charge in [0.25, 0.3) is 0 Å². The number of anilines is 1.